The van der Waals surface area contributed by atoms with E-state index < -0.39 is 0 Å². The molecule has 0 aromatic heterocycles. The lowest BCUT2D eigenvalue weighted by Crippen LogP contribution is -2.15. The van der Waals surface area contributed by atoms with Crippen molar-refractivity contribution in [2.75, 3.05) is 0 Å². The van der Waals surface area contributed by atoms with Gasteiger partial charge in [0.25, 0.3) is 0 Å². The maximum Gasteiger partial charge on any atom is 0.131 e. The van der Waals surface area contributed by atoms with Crippen LogP contribution in [0.3, 0.4) is 0 Å². The second-order valence-electron chi connectivity index (χ2n) is 3.31. The van der Waals surface area contributed by atoms with Crippen LogP contribution in [0.1, 0.15) is 19.4 Å². The Kier molecular flexibility index (Phi) is 3.84. The predicted octanol–water partition coefficient (Wildman–Crippen LogP) is 3.34. The van der Waals surface area contributed by atoms with Gasteiger partial charge in [0, 0.05) is 16.1 Å². The monoisotopic (exact) mass is 257 g/mol. The maximum atomic E-state index is 13.4. The van der Waals surface area contributed by atoms with Crippen LogP contribution in [0.5, 0.6) is 0 Å². The highest BCUT2D eigenvalue weighted by Crippen LogP contribution is 2.22. The topological polar surface area (TPSA) is 26.0 Å². The molecule has 1 nitrogen and oxygen atoms in total. The minimum atomic E-state index is -0.237. The molecule has 0 saturated carbocycles. The van der Waals surface area contributed by atoms with Crippen LogP contribution in [-0.2, 0) is 0 Å². The number of rotatable bonds is 2. The van der Waals surface area contributed by atoms with Crippen molar-refractivity contribution < 1.29 is 4.39 Å². The van der Waals surface area contributed by atoms with Crippen molar-refractivity contribution in [1.82, 2.24) is 0 Å². The lowest BCUT2D eigenvalue weighted by Gasteiger charge is -2.07. The molecular weight excluding hydrogens is 245 g/mol. The maximum absolute atomic E-state index is 13.4. The summed E-state index contributed by atoms with van der Waals surface area (Å²) in [6.07, 6.45) is 1.77. The van der Waals surface area contributed by atoms with Crippen molar-refractivity contribution in [3.63, 3.8) is 0 Å². The van der Waals surface area contributed by atoms with Crippen molar-refractivity contribution in [2.45, 2.75) is 19.9 Å². The molecule has 0 radical (unpaired) electrons. The fourth-order valence-corrected chi connectivity index (χ4v) is 1.46. The van der Waals surface area contributed by atoms with Crippen molar-refractivity contribution in [2.24, 2.45) is 5.73 Å². The molecule has 0 amide bonds. The molecule has 0 fully saturated rings. The standard InChI is InChI=1S/C11H13BrFN/c1-7(8(2)14)6-9-10(12)4-3-5-11(9)13/h3-6,8H,14H2,1-2H3/b7-6+. The van der Waals surface area contributed by atoms with Gasteiger partial charge >= 0.3 is 0 Å². The van der Waals surface area contributed by atoms with Crippen molar-refractivity contribution in [1.29, 1.82) is 0 Å². The Bertz CT molecular complexity index is 338. The van der Waals surface area contributed by atoms with Crippen LogP contribution in [-0.4, -0.2) is 6.04 Å². The Hall–Kier alpha value is -0.670. The van der Waals surface area contributed by atoms with E-state index in [1.54, 1.807) is 12.1 Å². The summed E-state index contributed by atoms with van der Waals surface area (Å²) < 4.78 is 14.1. The summed E-state index contributed by atoms with van der Waals surface area (Å²) in [5.41, 5.74) is 7.19. The van der Waals surface area contributed by atoms with Crippen LogP contribution >= 0.6 is 15.9 Å². The third-order valence-electron chi connectivity index (χ3n) is 2.09. The molecule has 1 unspecified atom stereocenters. The molecule has 0 heterocycles. The van der Waals surface area contributed by atoms with Gasteiger partial charge in [0.1, 0.15) is 5.82 Å². The Morgan fingerprint density at radius 3 is 2.71 bits per heavy atom. The Balaban J connectivity index is 3.14. The molecule has 1 aromatic rings. The first kappa shape index (κ1) is 11.4. The van der Waals surface area contributed by atoms with E-state index in [1.807, 2.05) is 19.9 Å². The summed E-state index contributed by atoms with van der Waals surface area (Å²) in [4.78, 5) is 0. The molecule has 14 heavy (non-hydrogen) atoms. The zero-order valence-electron chi connectivity index (χ0n) is 8.22. The van der Waals surface area contributed by atoms with Crippen LogP contribution in [0.4, 0.5) is 4.39 Å². The first-order chi connectivity index (χ1) is 6.52. The molecule has 3 heteroatoms. The molecule has 0 bridgehead atoms. The minimum absolute atomic E-state index is 0.0542. The van der Waals surface area contributed by atoms with Crippen LogP contribution in [0.2, 0.25) is 0 Å². The zero-order valence-corrected chi connectivity index (χ0v) is 9.81. The second kappa shape index (κ2) is 4.71. The highest BCUT2D eigenvalue weighted by Gasteiger charge is 2.05. The Morgan fingerprint density at radius 1 is 1.57 bits per heavy atom. The number of nitrogens with two attached hydrogens (primary N) is 1. The molecule has 2 N–H and O–H groups in total. The molecule has 0 saturated heterocycles. The highest BCUT2D eigenvalue weighted by atomic mass is 79.9. The van der Waals surface area contributed by atoms with Gasteiger partial charge in [0.05, 0.1) is 0 Å². The van der Waals surface area contributed by atoms with E-state index in [2.05, 4.69) is 15.9 Å². The van der Waals surface area contributed by atoms with Gasteiger partial charge in [-0.15, -0.1) is 0 Å². The van der Waals surface area contributed by atoms with Gasteiger partial charge in [-0.05, 0) is 26.0 Å². The number of hydrogen-bond donors (Lipinski definition) is 1. The van der Waals surface area contributed by atoms with Gasteiger partial charge in [-0.2, -0.15) is 0 Å². The van der Waals surface area contributed by atoms with Gasteiger partial charge < -0.3 is 5.73 Å². The van der Waals surface area contributed by atoms with Gasteiger partial charge in [0.2, 0.25) is 0 Å². The summed E-state index contributed by atoms with van der Waals surface area (Å²) in [5, 5.41) is 0. The van der Waals surface area contributed by atoms with E-state index in [4.69, 9.17) is 5.73 Å². The molecule has 1 rings (SSSR count). The van der Waals surface area contributed by atoms with Gasteiger partial charge in [-0.3, -0.25) is 0 Å². The SMILES string of the molecule is C/C(=C\c1c(F)cccc1Br)C(C)N. The quantitative estimate of drug-likeness (QED) is 0.865. The van der Waals surface area contributed by atoms with Crippen molar-refractivity contribution >= 4 is 22.0 Å². The normalized spacial score (nSPS) is 14.2. The fraction of sp³-hybridized carbons (Fsp3) is 0.273. The number of benzene rings is 1. The summed E-state index contributed by atoms with van der Waals surface area (Å²) in [5.74, 6) is -0.237. The fourth-order valence-electron chi connectivity index (χ4n) is 1.01. The average Bonchev–Trinajstić information content (AvgIpc) is 2.11. The summed E-state index contributed by atoms with van der Waals surface area (Å²) in [6, 6.07) is 4.85. The molecular formula is C11H13BrFN. The summed E-state index contributed by atoms with van der Waals surface area (Å²) >= 11 is 3.30. The molecule has 1 atom stereocenters. The Labute approximate surface area is 91.9 Å². The molecule has 0 aliphatic heterocycles. The lowest BCUT2D eigenvalue weighted by molar-refractivity contribution is 0.624. The summed E-state index contributed by atoms with van der Waals surface area (Å²) in [6.45, 7) is 3.77. The van der Waals surface area contributed by atoms with Crippen molar-refractivity contribution in [3.05, 3.63) is 39.6 Å². The van der Waals surface area contributed by atoms with Crippen LogP contribution in [0.15, 0.2) is 28.2 Å². The lowest BCUT2D eigenvalue weighted by atomic mass is 10.1. The average molecular weight is 258 g/mol. The zero-order chi connectivity index (χ0) is 10.7. The molecule has 76 valence electrons. The third kappa shape index (κ3) is 2.66. The molecule has 0 spiro atoms. The highest BCUT2D eigenvalue weighted by molar-refractivity contribution is 9.10. The van der Waals surface area contributed by atoms with E-state index in [-0.39, 0.29) is 11.9 Å². The van der Waals surface area contributed by atoms with E-state index in [1.165, 1.54) is 6.07 Å². The first-order valence-electron chi connectivity index (χ1n) is 4.40. The second-order valence-corrected chi connectivity index (χ2v) is 4.17. The van der Waals surface area contributed by atoms with Crippen LogP contribution in [0, 0.1) is 5.82 Å². The number of halogens is 2. The van der Waals surface area contributed by atoms with E-state index in [0.717, 1.165) is 10.0 Å². The third-order valence-corrected chi connectivity index (χ3v) is 2.78. The van der Waals surface area contributed by atoms with E-state index in [0.29, 0.717) is 5.56 Å². The van der Waals surface area contributed by atoms with Gasteiger partial charge in [-0.1, -0.05) is 33.6 Å². The molecule has 1 aromatic carbocycles. The first-order valence-corrected chi connectivity index (χ1v) is 5.19. The van der Waals surface area contributed by atoms with Crippen molar-refractivity contribution in [3.8, 4) is 0 Å². The van der Waals surface area contributed by atoms with E-state index in [9.17, 15) is 4.39 Å². The minimum Gasteiger partial charge on any atom is -0.324 e. The smallest absolute Gasteiger partial charge is 0.131 e. The van der Waals surface area contributed by atoms with Crippen LogP contribution in [0.25, 0.3) is 6.08 Å². The molecule has 0 aliphatic carbocycles. The van der Waals surface area contributed by atoms with E-state index >= 15 is 0 Å². The largest absolute Gasteiger partial charge is 0.324 e. The van der Waals surface area contributed by atoms with Gasteiger partial charge in [0.15, 0.2) is 0 Å². The predicted molar refractivity (Wildman–Crippen MR) is 61.4 cm³/mol. The summed E-state index contributed by atoms with van der Waals surface area (Å²) in [7, 11) is 0. The molecule has 0 aliphatic rings. The Morgan fingerprint density at radius 2 is 2.21 bits per heavy atom. The number of hydrogen-bond acceptors (Lipinski definition) is 1. The van der Waals surface area contributed by atoms with Crippen LogP contribution < -0.4 is 5.73 Å². The van der Waals surface area contributed by atoms with Gasteiger partial charge in [-0.25, -0.2) is 4.39 Å².